The Hall–Kier alpha value is -2.52. The standard InChI is InChI=1S/C21H19Cl2F3N4O2/c22-15-4-3-13(10-17(15)30-5-1-2-18(30)31)20(32)29-8-6-28(7-9-29)19-16(23)11-14(12-27-19)21(24,25)26/h3-4,10-12H,1-2,5-9H2. The molecule has 0 radical (unpaired) electrons. The van der Waals surface area contributed by atoms with Crippen LogP contribution >= 0.6 is 23.2 Å². The second-order valence-electron chi connectivity index (χ2n) is 7.62. The minimum Gasteiger partial charge on any atom is -0.352 e. The van der Waals surface area contributed by atoms with Crippen molar-refractivity contribution < 1.29 is 22.8 Å². The van der Waals surface area contributed by atoms with Gasteiger partial charge >= 0.3 is 6.18 Å². The van der Waals surface area contributed by atoms with Gasteiger partial charge in [-0.2, -0.15) is 13.2 Å². The van der Waals surface area contributed by atoms with Gasteiger partial charge in [0.2, 0.25) is 5.91 Å². The molecule has 11 heteroatoms. The van der Waals surface area contributed by atoms with Crippen molar-refractivity contribution >= 4 is 46.5 Å². The van der Waals surface area contributed by atoms with Crippen LogP contribution in [0.5, 0.6) is 0 Å². The number of nitrogens with zero attached hydrogens (tertiary/aromatic N) is 4. The van der Waals surface area contributed by atoms with Crippen molar-refractivity contribution in [1.29, 1.82) is 0 Å². The number of alkyl halides is 3. The highest BCUT2D eigenvalue weighted by Crippen LogP contribution is 2.34. The Morgan fingerprint density at radius 2 is 1.72 bits per heavy atom. The second-order valence-corrected chi connectivity index (χ2v) is 8.44. The number of pyridine rings is 1. The van der Waals surface area contributed by atoms with E-state index in [1.807, 2.05) is 0 Å². The Kier molecular flexibility index (Phi) is 6.22. The number of hydrogen-bond acceptors (Lipinski definition) is 4. The minimum absolute atomic E-state index is 0.0222. The van der Waals surface area contributed by atoms with Crippen molar-refractivity contribution in [3.63, 3.8) is 0 Å². The van der Waals surface area contributed by atoms with Crippen molar-refractivity contribution in [2.45, 2.75) is 19.0 Å². The van der Waals surface area contributed by atoms with Crippen LogP contribution in [0, 0.1) is 0 Å². The maximum absolute atomic E-state index is 13.0. The summed E-state index contributed by atoms with van der Waals surface area (Å²) in [5.74, 6) is 0.0276. The molecule has 1 aromatic carbocycles. The molecular formula is C21H19Cl2F3N4O2. The molecule has 2 aliphatic heterocycles. The lowest BCUT2D eigenvalue weighted by atomic mass is 10.1. The second kappa shape index (κ2) is 8.78. The van der Waals surface area contributed by atoms with Gasteiger partial charge in [0.05, 0.1) is 21.3 Å². The van der Waals surface area contributed by atoms with E-state index in [-0.39, 0.29) is 22.7 Å². The predicted octanol–water partition coefficient (Wildman–Crippen LogP) is 4.50. The number of rotatable bonds is 3. The molecule has 0 spiro atoms. The first-order valence-electron chi connectivity index (χ1n) is 10.0. The number of carbonyl (C=O) groups excluding carboxylic acids is 2. The van der Waals surface area contributed by atoms with Crippen LogP contribution in [-0.2, 0) is 11.0 Å². The first-order valence-corrected chi connectivity index (χ1v) is 10.8. The third kappa shape index (κ3) is 4.49. The van der Waals surface area contributed by atoms with Gasteiger partial charge in [0, 0.05) is 50.9 Å². The summed E-state index contributed by atoms with van der Waals surface area (Å²) < 4.78 is 38.5. The zero-order chi connectivity index (χ0) is 23.0. The molecule has 1 aromatic heterocycles. The lowest BCUT2D eigenvalue weighted by Crippen LogP contribution is -2.49. The monoisotopic (exact) mass is 486 g/mol. The summed E-state index contributed by atoms with van der Waals surface area (Å²) in [7, 11) is 0. The molecule has 32 heavy (non-hydrogen) atoms. The van der Waals surface area contributed by atoms with Crippen LogP contribution in [0.15, 0.2) is 30.5 Å². The molecule has 0 unspecified atom stereocenters. The van der Waals surface area contributed by atoms with Crippen molar-refractivity contribution in [3.8, 4) is 0 Å². The maximum Gasteiger partial charge on any atom is 0.417 e. The van der Waals surface area contributed by atoms with Gasteiger partial charge < -0.3 is 14.7 Å². The van der Waals surface area contributed by atoms with Crippen LogP contribution in [0.25, 0.3) is 0 Å². The zero-order valence-corrected chi connectivity index (χ0v) is 18.3. The van der Waals surface area contributed by atoms with Crippen molar-refractivity contribution in [3.05, 3.63) is 51.6 Å². The Bertz CT molecular complexity index is 1060. The maximum atomic E-state index is 13.0. The number of halogens is 5. The Labute approximate surface area is 192 Å². The summed E-state index contributed by atoms with van der Waals surface area (Å²) in [6, 6.07) is 5.72. The average molecular weight is 487 g/mol. The first kappa shape index (κ1) is 22.7. The van der Waals surface area contributed by atoms with Gasteiger partial charge in [-0.15, -0.1) is 0 Å². The lowest BCUT2D eigenvalue weighted by molar-refractivity contribution is -0.137. The minimum atomic E-state index is -4.52. The van der Waals surface area contributed by atoms with Crippen LogP contribution in [0.1, 0.15) is 28.8 Å². The average Bonchev–Trinajstić information content (AvgIpc) is 3.18. The summed E-state index contributed by atoms with van der Waals surface area (Å²) in [6.07, 6.45) is -2.56. The quantitative estimate of drug-likeness (QED) is 0.640. The molecule has 170 valence electrons. The topological polar surface area (TPSA) is 56.8 Å². The van der Waals surface area contributed by atoms with Gasteiger partial charge in [0.25, 0.3) is 5.91 Å². The fourth-order valence-electron chi connectivity index (χ4n) is 3.88. The molecule has 0 N–H and O–H groups in total. The van der Waals surface area contributed by atoms with Gasteiger partial charge in [-0.1, -0.05) is 23.2 Å². The molecule has 0 saturated carbocycles. The third-order valence-corrected chi connectivity index (χ3v) is 6.17. The smallest absolute Gasteiger partial charge is 0.352 e. The highest BCUT2D eigenvalue weighted by atomic mass is 35.5. The Morgan fingerprint density at radius 1 is 1.00 bits per heavy atom. The molecule has 2 amide bonds. The lowest BCUT2D eigenvalue weighted by Gasteiger charge is -2.36. The van der Waals surface area contributed by atoms with E-state index in [0.717, 1.165) is 18.7 Å². The number of carbonyl (C=O) groups is 2. The van der Waals surface area contributed by atoms with Crippen molar-refractivity contribution in [2.75, 3.05) is 42.5 Å². The molecule has 2 fully saturated rings. The number of aromatic nitrogens is 1. The van der Waals surface area contributed by atoms with E-state index in [9.17, 15) is 22.8 Å². The van der Waals surface area contributed by atoms with Crippen LogP contribution in [-0.4, -0.2) is 54.4 Å². The van der Waals surface area contributed by atoms with Gasteiger partial charge in [-0.3, -0.25) is 9.59 Å². The predicted molar refractivity (Wildman–Crippen MR) is 115 cm³/mol. The van der Waals surface area contributed by atoms with Crippen LogP contribution in [0.2, 0.25) is 10.0 Å². The van der Waals surface area contributed by atoms with Gasteiger partial charge in [0.15, 0.2) is 0 Å². The first-order chi connectivity index (χ1) is 15.1. The highest BCUT2D eigenvalue weighted by Gasteiger charge is 2.33. The van der Waals surface area contributed by atoms with Gasteiger partial charge in [-0.05, 0) is 30.7 Å². The van der Waals surface area contributed by atoms with E-state index in [2.05, 4.69) is 4.98 Å². The molecule has 0 aliphatic carbocycles. The van der Waals surface area contributed by atoms with Gasteiger partial charge in [-0.25, -0.2) is 4.98 Å². The van der Waals surface area contributed by atoms with Crippen LogP contribution in [0.3, 0.4) is 0 Å². The molecular weight excluding hydrogens is 468 g/mol. The van der Waals surface area contributed by atoms with E-state index in [1.54, 1.807) is 32.9 Å². The molecule has 2 aromatic rings. The Balaban J connectivity index is 1.45. The van der Waals surface area contributed by atoms with Gasteiger partial charge in [0.1, 0.15) is 5.82 Å². The number of benzene rings is 1. The molecule has 2 aliphatic rings. The summed E-state index contributed by atoms with van der Waals surface area (Å²) in [5, 5.41) is 0.321. The van der Waals surface area contributed by atoms with E-state index in [4.69, 9.17) is 23.2 Å². The number of piperazine rings is 1. The number of hydrogen-bond donors (Lipinski definition) is 0. The highest BCUT2D eigenvalue weighted by molar-refractivity contribution is 6.34. The van der Waals surface area contributed by atoms with E-state index in [0.29, 0.717) is 55.4 Å². The molecule has 0 atom stereocenters. The molecule has 6 nitrogen and oxygen atoms in total. The van der Waals surface area contributed by atoms with Crippen LogP contribution in [0.4, 0.5) is 24.7 Å². The van der Waals surface area contributed by atoms with E-state index in [1.165, 1.54) is 0 Å². The molecule has 3 heterocycles. The Morgan fingerprint density at radius 3 is 2.31 bits per heavy atom. The van der Waals surface area contributed by atoms with Crippen molar-refractivity contribution in [2.24, 2.45) is 0 Å². The van der Waals surface area contributed by atoms with Crippen LogP contribution < -0.4 is 9.80 Å². The SMILES string of the molecule is O=C(c1ccc(Cl)c(N2CCCC2=O)c1)N1CCN(c2ncc(C(F)(F)F)cc2Cl)CC1. The summed E-state index contributed by atoms with van der Waals surface area (Å²) in [6.45, 7) is 2.00. The molecule has 4 rings (SSSR count). The number of anilines is 2. The summed E-state index contributed by atoms with van der Waals surface area (Å²) in [5.41, 5.74) is 0.0396. The largest absolute Gasteiger partial charge is 0.417 e. The third-order valence-electron chi connectivity index (χ3n) is 5.57. The fraction of sp³-hybridized carbons (Fsp3) is 0.381. The van der Waals surface area contributed by atoms with E-state index < -0.39 is 11.7 Å². The van der Waals surface area contributed by atoms with Crippen molar-refractivity contribution in [1.82, 2.24) is 9.88 Å². The summed E-state index contributed by atoms with van der Waals surface area (Å²) in [4.78, 5) is 34.0. The van der Waals surface area contributed by atoms with E-state index >= 15 is 0 Å². The summed E-state index contributed by atoms with van der Waals surface area (Å²) >= 11 is 12.3. The fourth-order valence-corrected chi connectivity index (χ4v) is 4.38. The molecule has 0 bridgehead atoms. The number of amides is 2. The molecule has 2 saturated heterocycles. The zero-order valence-electron chi connectivity index (χ0n) is 16.8. The normalized spacial score (nSPS) is 17.3.